The molecule has 0 spiro atoms. The van der Waals surface area contributed by atoms with Crippen LogP contribution in [0.1, 0.15) is 17.2 Å². The number of rotatable bonds is 3. The van der Waals surface area contributed by atoms with Gasteiger partial charge in [0, 0.05) is 20.6 Å². The molecule has 1 atom stereocenters. The van der Waals surface area contributed by atoms with E-state index in [1.807, 2.05) is 0 Å². The highest BCUT2D eigenvalue weighted by Crippen LogP contribution is 2.32. The molecule has 19 heavy (non-hydrogen) atoms. The topological polar surface area (TPSA) is 12.0 Å². The molecule has 1 N–H and O–H groups in total. The van der Waals surface area contributed by atoms with Crippen molar-refractivity contribution in [3.8, 4) is 0 Å². The largest absolute Gasteiger partial charge is 0.309 e. The first kappa shape index (κ1) is 14.6. The quantitative estimate of drug-likeness (QED) is 0.830. The Morgan fingerprint density at radius 2 is 1.58 bits per heavy atom. The molecule has 5 heteroatoms. The zero-order chi connectivity index (χ0) is 14.0. The number of halogens is 4. The van der Waals surface area contributed by atoms with Crippen molar-refractivity contribution < 1.29 is 4.39 Å². The van der Waals surface area contributed by atoms with E-state index in [4.69, 9.17) is 34.8 Å². The van der Waals surface area contributed by atoms with Gasteiger partial charge in [0.1, 0.15) is 5.82 Å². The lowest BCUT2D eigenvalue weighted by molar-refractivity contribution is 0.576. The van der Waals surface area contributed by atoms with Crippen LogP contribution in [0.15, 0.2) is 36.4 Å². The van der Waals surface area contributed by atoms with E-state index in [-0.39, 0.29) is 11.9 Å². The van der Waals surface area contributed by atoms with E-state index >= 15 is 0 Å². The first-order valence-electron chi connectivity index (χ1n) is 5.60. The molecular weight excluding hydrogens is 308 g/mol. The van der Waals surface area contributed by atoms with E-state index in [1.165, 1.54) is 12.1 Å². The monoisotopic (exact) mass is 317 g/mol. The Balaban J connectivity index is 2.52. The highest BCUT2D eigenvalue weighted by molar-refractivity contribution is 6.35. The van der Waals surface area contributed by atoms with Gasteiger partial charge in [-0.2, -0.15) is 0 Å². The highest BCUT2D eigenvalue weighted by Gasteiger charge is 2.19. The molecule has 0 aliphatic rings. The molecule has 0 aromatic heterocycles. The van der Waals surface area contributed by atoms with Crippen molar-refractivity contribution in [3.05, 3.63) is 68.4 Å². The van der Waals surface area contributed by atoms with Crippen LogP contribution in [0.5, 0.6) is 0 Å². The Labute approximate surface area is 126 Å². The van der Waals surface area contributed by atoms with Crippen LogP contribution in [0.2, 0.25) is 15.1 Å². The van der Waals surface area contributed by atoms with Gasteiger partial charge in [-0.15, -0.1) is 0 Å². The summed E-state index contributed by atoms with van der Waals surface area (Å²) in [5.41, 5.74) is 1.19. The summed E-state index contributed by atoms with van der Waals surface area (Å²) in [5, 5.41) is 4.53. The van der Waals surface area contributed by atoms with Gasteiger partial charge in [0.05, 0.1) is 6.04 Å². The minimum absolute atomic E-state index is 0.338. The summed E-state index contributed by atoms with van der Waals surface area (Å²) >= 11 is 18.0. The molecule has 1 unspecified atom stereocenters. The second kappa shape index (κ2) is 6.10. The molecule has 1 nitrogen and oxygen atoms in total. The van der Waals surface area contributed by atoms with Crippen LogP contribution < -0.4 is 5.32 Å². The standard InChI is InChI=1S/C14H11Cl3FN/c1-19-14(10-4-2-9(16)7-12(10)17)11-6-8(15)3-5-13(11)18/h2-7,14,19H,1H3. The predicted molar refractivity (Wildman–Crippen MR) is 78.8 cm³/mol. The van der Waals surface area contributed by atoms with Gasteiger partial charge >= 0.3 is 0 Å². The minimum Gasteiger partial charge on any atom is -0.309 e. The molecule has 100 valence electrons. The maximum Gasteiger partial charge on any atom is 0.128 e. The van der Waals surface area contributed by atoms with Crippen LogP contribution in [-0.2, 0) is 0 Å². The molecule has 0 radical (unpaired) electrons. The molecule has 2 aromatic carbocycles. The highest BCUT2D eigenvalue weighted by atomic mass is 35.5. The molecule has 2 rings (SSSR count). The molecule has 0 amide bonds. The number of hydrogen-bond donors (Lipinski definition) is 1. The Kier molecular flexibility index (Phi) is 4.69. The van der Waals surface area contributed by atoms with Gasteiger partial charge < -0.3 is 5.32 Å². The Bertz CT molecular complexity index is 601. The van der Waals surface area contributed by atoms with Gasteiger partial charge in [-0.3, -0.25) is 0 Å². The first-order chi connectivity index (χ1) is 9.02. The van der Waals surface area contributed by atoms with E-state index in [1.54, 1.807) is 31.3 Å². The van der Waals surface area contributed by atoms with Gasteiger partial charge in [0.15, 0.2) is 0 Å². The second-order valence-electron chi connectivity index (χ2n) is 4.05. The summed E-state index contributed by atoms with van der Waals surface area (Å²) in [6, 6.07) is 9.17. The number of nitrogens with one attached hydrogen (secondary N) is 1. The van der Waals surface area contributed by atoms with Crippen LogP contribution >= 0.6 is 34.8 Å². The summed E-state index contributed by atoms with van der Waals surface area (Å²) < 4.78 is 13.9. The van der Waals surface area contributed by atoms with Crippen molar-refractivity contribution in [2.45, 2.75) is 6.04 Å². The maximum absolute atomic E-state index is 13.9. The molecule has 0 saturated heterocycles. The van der Waals surface area contributed by atoms with Crippen LogP contribution in [0.4, 0.5) is 4.39 Å². The second-order valence-corrected chi connectivity index (χ2v) is 5.33. The number of benzene rings is 2. The van der Waals surface area contributed by atoms with Crippen LogP contribution in [0.3, 0.4) is 0 Å². The summed E-state index contributed by atoms with van der Waals surface area (Å²) in [6.07, 6.45) is 0. The van der Waals surface area contributed by atoms with Gasteiger partial charge in [0.2, 0.25) is 0 Å². The smallest absolute Gasteiger partial charge is 0.128 e. The Hall–Kier alpha value is -0.800. The van der Waals surface area contributed by atoms with Crippen LogP contribution in [-0.4, -0.2) is 7.05 Å². The van der Waals surface area contributed by atoms with Crippen LogP contribution in [0.25, 0.3) is 0 Å². The Morgan fingerprint density at radius 1 is 0.947 bits per heavy atom. The fraction of sp³-hybridized carbons (Fsp3) is 0.143. The molecule has 0 fully saturated rings. The lowest BCUT2D eigenvalue weighted by Crippen LogP contribution is -2.19. The third-order valence-corrected chi connectivity index (χ3v) is 3.63. The minimum atomic E-state index is -0.386. The average Bonchev–Trinajstić information content (AvgIpc) is 2.36. The maximum atomic E-state index is 13.9. The third kappa shape index (κ3) is 3.21. The van der Waals surface area contributed by atoms with Gasteiger partial charge in [0.25, 0.3) is 0 Å². The predicted octanol–water partition coefficient (Wildman–Crippen LogP) is 5.09. The molecule has 0 heterocycles. The summed E-state index contributed by atoms with van der Waals surface area (Å²) in [7, 11) is 1.73. The molecule has 0 saturated carbocycles. The van der Waals surface area contributed by atoms with Crippen molar-refractivity contribution in [3.63, 3.8) is 0 Å². The van der Waals surface area contributed by atoms with E-state index in [0.717, 1.165) is 5.56 Å². The normalized spacial score (nSPS) is 12.5. The van der Waals surface area contributed by atoms with E-state index in [9.17, 15) is 4.39 Å². The summed E-state index contributed by atoms with van der Waals surface area (Å²) in [6.45, 7) is 0. The lowest BCUT2D eigenvalue weighted by atomic mass is 9.98. The van der Waals surface area contributed by atoms with Gasteiger partial charge in [-0.25, -0.2) is 4.39 Å². The fourth-order valence-electron chi connectivity index (χ4n) is 1.95. The summed E-state index contributed by atoms with van der Waals surface area (Å²) in [5.74, 6) is -0.338. The van der Waals surface area contributed by atoms with Crippen LogP contribution in [0, 0.1) is 5.82 Å². The molecule has 2 aromatic rings. The molecule has 0 aliphatic heterocycles. The fourth-order valence-corrected chi connectivity index (χ4v) is 2.65. The summed E-state index contributed by atoms with van der Waals surface area (Å²) in [4.78, 5) is 0. The van der Waals surface area contributed by atoms with Gasteiger partial charge in [-0.05, 0) is 42.9 Å². The SMILES string of the molecule is CNC(c1cc(Cl)ccc1F)c1ccc(Cl)cc1Cl. The van der Waals surface area contributed by atoms with E-state index < -0.39 is 0 Å². The van der Waals surface area contributed by atoms with Crippen molar-refractivity contribution >= 4 is 34.8 Å². The van der Waals surface area contributed by atoms with Crippen molar-refractivity contribution in [2.24, 2.45) is 0 Å². The average molecular weight is 319 g/mol. The molecule has 0 bridgehead atoms. The van der Waals surface area contributed by atoms with E-state index in [0.29, 0.717) is 20.6 Å². The molecular formula is C14H11Cl3FN. The zero-order valence-corrected chi connectivity index (χ0v) is 12.3. The van der Waals surface area contributed by atoms with Crippen molar-refractivity contribution in [1.82, 2.24) is 5.32 Å². The zero-order valence-electron chi connectivity index (χ0n) is 10.1. The molecule has 0 aliphatic carbocycles. The number of hydrogen-bond acceptors (Lipinski definition) is 1. The third-order valence-electron chi connectivity index (χ3n) is 2.83. The van der Waals surface area contributed by atoms with E-state index in [2.05, 4.69) is 5.32 Å². The van der Waals surface area contributed by atoms with Crippen molar-refractivity contribution in [1.29, 1.82) is 0 Å². The van der Waals surface area contributed by atoms with Crippen molar-refractivity contribution in [2.75, 3.05) is 7.05 Å². The lowest BCUT2D eigenvalue weighted by Gasteiger charge is -2.19. The van der Waals surface area contributed by atoms with Gasteiger partial charge in [-0.1, -0.05) is 40.9 Å². The first-order valence-corrected chi connectivity index (χ1v) is 6.73. The Morgan fingerprint density at radius 3 is 2.21 bits per heavy atom.